The summed E-state index contributed by atoms with van der Waals surface area (Å²) >= 11 is 1.65. The van der Waals surface area contributed by atoms with Crippen molar-refractivity contribution in [3.05, 3.63) is 18.0 Å². The molecule has 0 saturated heterocycles. The molecule has 0 bridgehead atoms. The molecule has 2 aromatic rings. The number of tetrazole rings is 1. The monoisotopic (exact) mass is 321 g/mol. The van der Waals surface area contributed by atoms with Crippen molar-refractivity contribution in [2.75, 3.05) is 20.6 Å². The third kappa shape index (κ3) is 3.86. The first-order valence-electron chi connectivity index (χ1n) is 7.80. The van der Waals surface area contributed by atoms with Crippen LogP contribution in [0.3, 0.4) is 0 Å². The Hall–Kier alpha value is -1.41. The van der Waals surface area contributed by atoms with Crippen LogP contribution in [-0.4, -0.2) is 55.5 Å². The zero-order valence-corrected chi connectivity index (χ0v) is 14.0. The average Bonchev–Trinajstić information content (AvgIpc) is 3.22. The lowest BCUT2D eigenvalue weighted by atomic mass is 10.3. The Morgan fingerprint density at radius 1 is 1.32 bits per heavy atom. The van der Waals surface area contributed by atoms with Gasteiger partial charge in [0.05, 0.1) is 18.3 Å². The zero-order valence-electron chi connectivity index (χ0n) is 13.2. The van der Waals surface area contributed by atoms with Crippen molar-refractivity contribution < 1.29 is 0 Å². The SMILES string of the molecule is CN(C)CCn1nnnc1SCc1ccn(C2CCCC2)n1. The van der Waals surface area contributed by atoms with Crippen LogP contribution < -0.4 is 0 Å². The quantitative estimate of drug-likeness (QED) is 0.725. The highest BCUT2D eigenvalue weighted by molar-refractivity contribution is 7.98. The maximum atomic E-state index is 4.71. The Morgan fingerprint density at radius 2 is 2.14 bits per heavy atom. The summed E-state index contributed by atoms with van der Waals surface area (Å²) in [4.78, 5) is 2.12. The third-order valence-corrected chi connectivity index (χ3v) is 4.96. The summed E-state index contributed by atoms with van der Waals surface area (Å²) in [5, 5.41) is 17.5. The van der Waals surface area contributed by atoms with Gasteiger partial charge in [0.2, 0.25) is 5.16 Å². The lowest BCUT2D eigenvalue weighted by Gasteiger charge is -2.09. The highest BCUT2D eigenvalue weighted by atomic mass is 32.2. The molecule has 0 N–H and O–H groups in total. The van der Waals surface area contributed by atoms with Gasteiger partial charge in [0.1, 0.15) is 0 Å². The van der Waals surface area contributed by atoms with Gasteiger partial charge in [0.15, 0.2) is 0 Å². The fourth-order valence-corrected chi connectivity index (χ4v) is 3.50. The van der Waals surface area contributed by atoms with Gasteiger partial charge in [0.25, 0.3) is 0 Å². The third-order valence-electron chi connectivity index (χ3n) is 3.97. The summed E-state index contributed by atoms with van der Waals surface area (Å²) in [6.45, 7) is 1.73. The summed E-state index contributed by atoms with van der Waals surface area (Å²) in [6, 6.07) is 2.71. The predicted molar refractivity (Wildman–Crippen MR) is 85.7 cm³/mol. The Labute approximate surface area is 135 Å². The van der Waals surface area contributed by atoms with Crippen LogP contribution in [0.2, 0.25) is 0 Å². The molecule has 0 atom stereocenters. The fourth-order valence-electron chi connectivity index (χ4n) is 2.70. The lowest BCUT2D eigenvalue weighted by Crippen LogP contribution is -2.19. The largest absolute Gasteiger partial charge is 0.308 e. The minimum atomic E-state index is 0.601. The summed E-state index contributed by atoms with van der Waals surface area (Å²) in [6.07, 6.45) is 7.29. The Kier molecular flexibility index (Phi) is 5.09. The van der Waals surface area contributed by atoms with E-state index in [4.69, 9.17) is 5.10 Å². The van der Waals surface area contributed by atoms with Gasteiger partial charge in [-0.3, -0.25) is 4.68 Å². The summed E-state index contributed by atoms with van der Waals surface area (Å²) in [7, 11) is 4.10. The molecule has 120 valence electrons. The molecule has 2 aromatic heterocycles. The van der Waals surface area contributed by atoms with Gasteiger partial charge in [0, 0.05) is 18.5 Å². The molecule has 0 radical (unpaired) electrons. The van der Waals surface area contributed by atoms with Gasteiger partial charge in [-0.25, -0.2) is 4.68 Å². The van der Waals surface area contributed by atoms with Crippen LogP contribution in [0, 0.1) is 0 Å². The highest BCUT2D eigenvalue weighted by Gasteiger charge is 2.17. The van der Waals surface area contributed by atoms with Crippen molar-refractivity contribution >= 4 is 11.8 Å². The maximum Gasteiger partial charge on any atom is 0.209 e. The molecule has 0 spiro atoms. The number of aromatic nitrogens is 6. The molecule has 22 heavy (non-hydrogen) atoms. The van der Waals surface area contributed by atoms with E-state index in [0.717, 1.165) is 29.7 Å². The molecule has 3 rings (SSSR count). The second-order valence-corrected chi connectivity index (χ2v) is 6.94. The molecule has 0 amide bonds. The second-order valence-electron chi connectivity index (χ2n) is 6.00. The van der Waals surface area contributed by atoms with Gasteiger partial charge < -0.3 is 4.90 Å². The molecule has 0 unspecified atom stereocenters. The topological polar surface area (TPSA) is 64.7 Å². The number of nitrogens with zero attached hydrogens (tertiary/aromatic N) is 7. The second kappa shape index (κ2) is 7.23. The number of likely N-dealkylation sites (N-methyl/N-ethyl adjacent to an activating group) is 1. The minimum absolute atomic E-state index is 0.601. The van der Waals surface area contributed by atoms with Gasteiger partial charge >= 0.3 is 0 Å². The van der Waals surface area contributed by atoms with Crippen LogP contribution in [0.25, 0.3) is 0 Å². The van der Waals surface area contributed by atoms with Crippen molar-refractivity contribution in [2.24, 2.45) is 0 Å². The Balaban J connectivity index is 1.55. The first kappa shape index (κ1) is 15.5. The average molecular weight is 321 g/mol. The van der Waals surface area contributed by atoms with Crippen molar-refractivity contribution in [3.8, 4) is 0 Å². The zero-order chi connectivity index (χ0) is 15.4. The maximum absolute atomic E-state index is 4.71. The van der Waals surface area contributed by atoms with E-state index in [-0.39, 0.29) is 0 Å². The molecule has 1 fully saturated rings. The molecular weight excluding hydrogens is 298 g/mol. The van der Waals surface area contributed by atoms with E-state index >= 15 is 0 Å². The van der Waals surface area contributed by atoms with E-state index in [1.54, 1.807) is 11.8 Å². The smallest absolute Gasteiger partial charge is 0.209 e. The van der Waals surface area contributed by atoms with E-state index < -0.39 is 0 Å². The number of hydrogen-bond acceptors (Lipinski definition) is 6. The molecule has 0 aromatic carbocycles. The predicted octanol–water partition coefficient (Wildman–Crippen LogP) is 1.84. The molecule has 1 aliphatic carbocycles. The summed E-state index contributed by atoms with van der Waals surface area (Å²) < 4.78 is 4.00. The molecule has 0 aliphatic heterocycles. The number of rotatable bonds is 7. The molecule has 1 aliphatic rings. The van der Waals surface area contributed by atoms with E-state index in [1.807, 2.05) is 18.8 Å². The number of hydrogen-bond donors (Lipinski definition) is 0. The van der Waals surface area contributed by atoms with Gasteiger partial charge in [-0.1, -0.05) is 24.6 Å². The Morgan fingerprint density at radius 3 is 2.91 bits per heavy atom. The van der Waals surface area contributed by atoms with Crippen LogP contribution >= 0.6 is 11.8 Å². The van der Waals surface area contributed by atoms with Crippen LogP contribution in [0.4, 0.5) is 0 Å². The molecule has 7 nitrogen and oxygen atoms in total. The van der Waals surface area contributed by atoms with Crippen LogP contribution in [0.1, 0.15) is 37.4 Å². The number of thioether (sulfide) groups is 1. The molecule has 2 heterocycles. The Bertz CT molecular complexity index is 586. The lowest BCUT2D eigenvalue weighted by molar-refractivity contribution is 0.361. The van der Waals surface area contributed by atoms with Crippen molar-refractivity contribution in [2.45, 2.75) is 49.2 Å². The first-order chi connectivity index (χ1) is 10.7. The fraction of sp³-hybridized carbons (Fsp3) is 0.714. The van der Waals surface area contributed by atoms with E-state index in [2.05, 4.69) is 37.4 Å². The van der Waals surface area contributed by atoms with Crippen LogP contribution in [0.15, 0.2) is 17.4 Å². The van der Waals surface area contributed by atoms with Gasteiger partial charge in [-0.15, -0.1) is 5.10 Å². The normalized spacial score (nSPS) is 16.0. The molecule has 8 heteroatoms. The summed E-state index contributed by atoms with van der Waals surface area (Å²) in [5.41, 5.74) is 1.10. The first-order valence-corrected chi connectivity index (χ1v) is 8.78. The minimum Gasteiger partial charge on any atom is -0.308 e. The highest BCUT2D eigenvalue weighted by Crippen LogP contribution is 2.29. The van der Waals surface area contributed by atoms with E-state index in [9.17, 15) is 0 Å². The van der Waals surface area contributed by atoms with Crippen molar-refractivity contribution in [1.82, 2.24) is 34.9 Å². The standard InChI is InChI=1S/C14H23N7S/c1-19(2)9-10-21-14(15-17-18-21)22-11-12-7-8-20(16-12)13-5-3-4-6-13/h7-8,13H,3-6,9-11H2,1-2H3. The molecular formula is C14H23N7S. The summed E-state index contributed by atoms with van der Waals surface area (Å²) in [5.74, 6) is 0.808. The van der Waals surface area contributed by atoms with Crippen molar-refractivity contribution in [1.29, 1.82) is 0 Å². The van der Waals surface area contributed by atoms with E-state index in [1.165, 1.54) is 25.7 Å². The molecule has 1 saturated carbocycles. The van der Waals surface area contributed by atoms with Crippen LogP contribution in [0.5, 0.6) is 0 Å². The van der Waals surface area contributed by atoms with Crippen molar-refractivity contribution in [3.63, 3.8) is 0 Å². The van der Waals surface area contributed by atoms with E-state index in [0.29, 0.717) is 6.04 Å². The van der Waals surface area contributed by atoms with Crippen LogP contribution in [-0.2, 0) is 12.3 Å². The van der Waals surface area contributed by atoms with Gasteiger partial charge in [-0.05, 0) is 43.4 Å². The van der Waals surface area contributed by atoms with Gasteiger partial charge in [-0.2, -0.15) is 5.10 Å².